The molecular weight excluding hydrogens is 218 g/mol. The van der Waals surface area contributed by atoms with E-state index in [1.807, 2.05) is 24.3 Å². The van der Waals surface area contributed by atoms with Crippen LogP contribution in [0.2, 0.25) is 0 Å². The van der Waals surface area contributed by atoms with Gasteiger partial charge in [-0.25, -0.2) is 0 Å². The van der Waals surface area contributed by atoms with Crippen LogP contribution in [0.5, 0.6) is 5.75 Å². The molecule has 1 aromatic carbocycles. The van der Waals surface area contributed by atoms with Crippen LogP contribution in [0.25, 0.3) is 0 Å². The third kappa shape index (κ3) is 5.92. The van der Waals surface area contributed by atoms with Crippen LogP contribution in [-0.2, 0) is 11.3 Å². The number of aliphatic carboxylic acids is 1. The highest BCUT2D eigenvalue weighted by molar-refractivity contribution is 5.66. The molecule has 2 N–H and O–H groups in total. The number of rotatable bonds is 8. The molecule has 94 valence electrons. The van der Waals surface area contributed by atoms with Gasteiger partial charge in [0.1, 0.15) is 5.75 Å². The molecule has 1 aromatic rings. The molecule has 0 radical (unpaired) electrons. The van der Waals surface area contributed by atoms with Crippen molar-refractivity contribution < 1.29 is 14.6 Å². The van der Waals surface area contributed by atoms with Crippen molar-refractivity contribution in [1.82, 2.24) is 5.32 Å². The summed E-state index contributed by atoms with van der Waals surface area (Å²) in [5.74, 6) is 0.0851. The van der Waals surface area contributed by atoms with E-state index in [4.69, 9.17) is 9.84 Å². The van der Waals surface area contributed by atoms with Gasteiger partial charge in [-0.05, 0) is 24.1 Å². The predicted molar refractivity (Wildman–Crippen MR) is 66.2 cm³/mol. The van der Waals surface area contributed by atoms with E-state index >= 15 is 0 Å². The number of carboxylic acid groups (broad SMARTS) is 1. The Kier molecular flexibility index (Phi) is 6.10. The van der Waals surface area contributed by atoms with Crippen molar-refractivity contribution in [3.8, 4) is 5.75 Å². The first-order valence-electron chi connectivity index (χ1n) is 5.86. The maximum Gasteiger partial charge on any atom is 0.304 e. The molecule has 0 heterocycles. The van der Waals surface area contributed by atoms with Crippen LogP contribution in [0.3, 0.4) is 0 Å². The number of hydrogen-bond donors (Lipinski definition) is 2. The smallest absolute Gasteiger partial charge is 0.304 e. The van der Waals surface area contributed by atoms with Gasteiger partial charge in [0.05, 0.1) is 13.0 Å². The van der Waals surface area contributed by atoms with E-state index in [1.54, 1.807) is 0 Å². The zero-order valence-electron chi connectivity index (χ0n) is 10.1. The third-order valence-electron chi connectivity index (χ3n) is 2.22. The topological polar surface area (TPSA) is 58.6 Å². The second-order valence-electron chi connectivity index (χ2n) is 3.82. The summed E-state index contributed by atoms with van der Waals surface area (Å²) in [6, 6.07) is 7.84. The molecule has 4 heteroatoms. The van der Waals surface area contributed by atoms with Crippen LogP contribution in [0, 0.1) is 0 Å². The van der Waals surface area contributed by atoms with Crippen molar-refractivity contribution in [2.75, 3.05) is 13.2 Å². The van der Waals surface area contributed by atoms with E-state index < -0.39 is 5.97 Å². The van der Waals surface area contributed by atoms with Crippen molar-refractivity contribution in [3.05, 3.63) is 29.8 Å². The summed E-state index contributed by atoms with van der Waals surface area (Å²) in [6.07, 6.45) is 1.13. The maximum absolute atomic E-state index is 10.3. The highest BCUT2D eigenvalue weighted by Gasteiger charge is 1.98. The van der Waals surface area contributed by atoms with E-state index in [9.17, 15) is 4.79 Å². The second kappa shape index (κ2) is 7.68. The predicted octanol–water partition coefficient (Wildman–Crippen LogP) is 2.04. The maximum atomic E-state index is 10.3. The minimum Gasteiger partial charge on any atom is -0.494 e. The van der Waals surface area contributed by atoms with Crippen LogP contribution in [0.4, 0.5) is 0 Å². The van der Waals surface area contributed by atoms with Crippen molar-refractivity contribution in [1.29, 1.82) is 0 Å². The zero-order valence-corrected chi connectivity index (χ0v) is 10.1. The average Bonchev–Trinajstić information content (AvgIpc) is 2.32. The second-order valence-corrected chi connectivity index (χ2v) is 3.82. The molecule has 0 fully saturated rings. The Hall–Kier alpha value is -1.55. The first kappa shape index (κ1) is 13.5. The minimum atomic E-state index is -0.780. The van der Waals surface area contributed by atoms with Gasteiger partial charge < -0.3 is 15.2 Å². The van der Waals surface area contributed by atoms with Crippen molar-refractivity contribution in [3.63, 3.8) is 0 Å². The highest BCUT2D eigenvalue weighted by atomic mass is 16.5. The van der Waals surface area contributed by atoms with Crippen molar-refractivity contribution in [2.24, 2.45) is 0 Å². The normalized spacial score (nSPS) is 10.2. The fourth-order valence-corrected chi connectivity index (χ4v) is 1.39. The number of carboxylic acids is 1. The van der Waals surface area contributed by atoms with Gasteiger partial charge >= 0.3 is 5.97 Å². The third-order valence-corrected chi connectivity index (χ3v) is 2.22. The van der Waals surface area contributed by atoms with Gasteiger partial charge in [-0.1, -0.05) is 19.1 Å². The lowest BCUT2D eigenvalue weighted by molar-refractivity contribution is -0.136. The quantitative estimate of drug-likeness (QED) is 0.679. The van der Waals surface area contributed by atoms with Crippen molar-refractivity contribution >= 4 is 5.97 Å². The summed E-state index contributed by atoms with van der Waals surface area (Å²) in [5, 5.41) is 11.6. The Morgan fingerprint density at radius 3 is 3.00 bits per heavy atom. The summed E-state index contributed by atoms with van der Waals surface area (Å²) in [6.45, 7) is 3.93. The number of nitrogens with one attached hydrogen (secondary N) is 1. The molecule has 0 aliphatic carbocycles. The van der Waals surface area contributed by atoms with E-state index in [2.05, 4.69) is 12.2 Å². The molecule has 17 heavy (non-hydrogen) atoms. The lowest BCUT2D eigenvalue weighted by Crippen LogP contribution is -2.17. The van der Waals surface area contributed by atoms with E-state index in [0.29, 0.717) is 13.1 Å². The fourth-order valence-electron chi connectivity index (χ4n) is 1.39. The summed E-state index contributed by atoms with van der Waals surface area (Å²) in [7, 11) is 0. The Labute approximate surface area is 102 Å². The Morgan fingerprint density at radius 2 is 2.29 bits per heavy atom. The standard InChI is InChI=1S/C13H19NO3/c1-2-8-17-12-5-3-4-11(9-12)10-14-7-6-13(15)16/h3-5,9,14H,2,6-8,10H2,1H3,(H,15,16). The molecule has 0 saturated carbocycles. The average molecular weight is 237 g/mol. The van der Waals surface area contributed by atoms with Gasteiger partial charge in [0.15, 0.2) is 0 Å². The van der Waals surface area contributed by atoms with Gasteiger partial charge in [-0.15, -0.1) is 0 Å². The number of hydrogen-bond acceptors (Lipinski definition) is 3. The zero-order chi connectivity index (χ0) is 12.5. The fraction of sp³-hybridized carbons (Fsp3) is 0.462. The Bertz CT molecular complexity index is 352. The molecule has 0 bridgehead atoms. The number of benzene rings is 1. The summed E-state index contributed by atoms with van der Waals surface area (Å²) >= 11 is 0. The molecule has 4 nitrogen and oxygen atoms in total. The molecule has 0 amide bonds. The number of ether oxygens (including phenoxy) is 1. The molecule has 0 aliphatic rings. The molecule has 0 unspecified atom stereocenters. The Balaban J connectivity index is 2.34. The molecule has 0 aromatic heterocycles. The monoisotopic (exact) mass is 237 g/mol. The van der Waals surface area contributed by atoms with E-state index in [1.165, 1.54) is 0 Å². The van der Waals surface area contributed by atoms with E-state index in [0.717, 1.165) is 24.3 Å². The molecule has 0 aliphatic heterocycles. The van der Waals surface area contributed by atoms with Crippen LogP contribution in [0.1, 0.15) is 25.3 Å². The molecule has 0 atom stereocenters. The number of carbonyl (C=O) groups is 1. The summed E-state index contributed by atoms with van der Waals surface area (Å²) in [5.41, 5.74) is 1.10. The van der Waals surface area contributed by atoms with Crippen molar-refractivity contribution in [2.45, 2.75) is 26.3 Å². The molecular formula is C13H19NO3. The SMILES string of the molecule is CCCOc1cccc(CNCCC(=O)O)c1. The lowest BCUT2D eigenvalue weighted by Gasteiger charge is -2.07. The highest BCUT2D eigenvalue weighted by Crippen LogP contribution is 2.13. The van der Waals surface area contributed by atoms with Crippen LogP contribution < -0.4 is 10.1 Å². The van der Waals surface area contributed by atoms with Gasteiger partial charge in [-0.2, -0.15) is 0 Å². The summed E-state index contributed by atoms with van der Waals surface area (Å²) in [4.78, 5) is 10.3. The van der Waals surface area contributed by atoms with Crippen LogP contribution in [-0.4, -0.2) is 24.2 Å². The minimum absolute atomic E-state index is 0.145. The largest absolute Gasteiger partial charge is 0.494 e. The van der Waals surface area contributed by atoms with Gasteiger partial charge in [0.2, 0.25) is 0 Å². The lowest BCUT2D eigenvalue weighted by atomic mass is 10.2. The van der Waals surface area contributed by atoms with Crippen LogP contribution >= 0.6 is 0 Å². The van der Waals surface area contributed by atoms with Gasteiger partial charge in [-0.3, -0.25) is 4.79 Å². The summed E-state index contributed by atoms with van der Waals surface area (Å²) < 4.78 is 5.52. The van der Waals surface area contributed by atoms with Crippen LogP contribution in [0.15, 0.2) is 24.3 Å². The van der Waals surface area contributed by atoms with Gasteiger partial charge in [0, 0.05) is 13.1 Å². The molecule has 0 saturated heterocycles. The van der Waals surface area contributed by atoms with E-state index in [-0.39, 0.29) is 6.42 Å². The molecule has 1 rings (SSSR count). The Morgan fingerprint density at radius 1 is 1.47 bits per heavy atom. The first-order valence-corrected chi connectivity index (χ1v) is 5.86. The molecule has 0 spiro atoms. The van der Waals surface area contributed by atoms with Gasteiger partial charge in [0.25, 0.3) is 0 Å². The first-order chi connectivity index (χ1) is 8.22.